The Morgan fingerprint density at radius 1 is 1.47 bits per heavy atom. The van der Waals surface area contributed by atoms with Crippen molar-refractivity contribution < 1.29 is 19.4 Å². The summed E-state index contributed by atoms with van der Waals surface area (Å²) in [4.78, 5) is 22.7. The number of rotatable bonds is 6. The van der Waals surface area contributed by atoms with Crippen molar-refractivity contribution in [3.8, 4) is 0 Å². The number of carboxylic acids is 1. The second-order valence-corrected chi connectivity index (χ2v) is 4.51. The molecule has 1 unspecified atom stereocenters. The van der Waals surface area contributed by atoms with Gasteiger partial charge in [0.25, 0.3) is 5.91 Å². The minimum absolute atomic E-state index is 0.0419. The Hall–Kier alpha value is -1.14. The van der Waals surface area contributed by atoms with Gasteiger partial charge in [-0.1, -0.05) is 12.8 Å². The molecule has 0 radical (unpaired) electrons. The molecule has 0 saturated heterocycles. The first kappa shape index (κ1) is 13.9. The van der Waals surface area contributed by atoms with Crippen LogP contribution in [0.1, 0.15) is 32.1 Å². The number of ether oxygens (including phenoxy) is 1. The number of aliphatic carboxylic acids is 1. The molecular formula is C11H20N2O4. The van der Waals surface area contributed by atoms with Gasteiger partial charge in [-0.05, 0) is 12.8 Å². The van der Waals surface area contributed by atoms with Crippen LogP contribution in [-0.4, -0.2) is 42.3 Å². The van der Waals surface area contributed by atoms with E-state index in [1.54, 1.807) is 0 Å². The minimum atomic E-state index is -0.895. The van der Waals surface area contributed by atoms with Crippen molar-refractivity contribution >= 4 is 11.9 Å². The highest BCUT2D eigenvalue weighted by atomic mass is 16.5. The molecular weight excluding hydrogens is 224 g/mol. The maximum absolute atomic E-state index is 11.8. The number of carbonyl (C=O) groups excluding carboxylic acids is 1. The van der Waals surface area contributed by atoms with Gasteiger partial charge in [-0.15, -0.1) is 0 Å². The average Bonchev–Trinajstić information content (AvgIpc) is 2.66. The molecule has 17 heavy (non-hydrogen) atoms. The zero-order chi connectivity index (χ0) is 12.9. The van der Waals surface area contributed by atoms with Crippen molar-refractivity contribution in [1.29, 1.82) is 0 Å². The van der Waals surface area contributed by atoms with Crippen LogP contribution < -0.4 is 11.1 Å². The second-order valence-electron chi connectivity index (χ2n) is 4.51. The largest absolute Gasteiger partial charge is 0.481 e. The smallest absolute Gasteiger partial charge is 0.305 e. The summed E-state index contributed by atoms with van der Waals surface area (Å²) in [7, 11) is 1.41. The summed E-state index contributed by atoms with van der Waals surface area (Å²) in [6, 6.07) is 0. The van der Waals surface area contributed by atoms with Crippen LogP contribution in [0.15, 0.2) is 0 Å². The van der Waals surface area contributed by atoms with Crippen LogP contribution in [0.5, 0.6) is 0 Å². The van der Waals surface area contributed by atoms with E-state index >= 15 is 0 Å². The van der Waals surface area contributed by atoms with Crippen LogP contribution in [0, 0.1) is 0 Å². The summed E-state index contributed by atoms with van der Waals surface area (Å²) >= 11 is 0. The zero-order valence-electron chi connectivity index (χ0n) is 10.1. The summed E-state index contributed by atoms with van der Waals surface area (Å²) in [5.41, 5.74) is 4.78. The van der Waals surface area contributed by atoms with Crippen LogP contribution in [0.2, 0.25) is 0 Å². The first-order chi connectivity index (χ1) is 8.03. The summed E-state index contributed by atoms with van der Waals surface area (Å²) in [5.74, 6) is -1.22. The van der Waals surface area contributed by atoms with Gasteiger partial charge in [-0.3, -0.25) is 9.59 Å². The van der Waals surface area contributed by atoms with Gasteiger partial charge < -0.3 is 20.9 Å². The Balaban J connectivity index is 2.66. The van der Waals surface area contributed by atoms with E-state index in [1.807, 2.05) is 0 Å². The quantitative estimate of drug-likeness (QED) is 0.604. The number of hydrogen-bond acceptors (Lipinski definition) is 4. The number of amides is 1. The molecule has 1 saturated carbocycles. The summed E-state index contributed by atoms with van der Waals surface area (Å²) in [6.45, 7) is 0.0888. The molecule has 1 atom stereocenters. The average molecular weight is 244 g/mol. The van der Waals surface area contributed by atoms with E-state index < -0.39 is 17.6 Å². The molecule has 0 aromatic rings. The maximum Gasteiger partial charge on any atom is 0.305 e. The third kappa shape index (κ3) is 3.67. The fourth-order valence-corrected chi connectivity index (χ4v) is 2.34. The van der Waals surface area contributed by atoms with Crippen molar-refractivity contribution in [2.24, 2.45) is 5.73 Å². The standard InChI is InChI=1S/C11H20N2O4/c1-17-8(7-12)10(16)13-11(6-9(14)15)4-2-3-5-11/h8H,2-7,12H2,1H3,(H,13,16)(H,14,15). The third-order valence-corrected chi connectivity index (χ3v) is 3.23. The molecule has 1 fully saturated rings. The van der Waals surface area contributed by atoms with Crippen LogP contribution in [0.3, 0.4) is 0 Å². The maximum atomic E-state index is 11.8. The lowest BCUT2D eigenvalue weighted by atomic mass is 9.93. The fraction of sp³-hybridized carbons (Fsp3) is 0.818. The summed E-state index contributed by atoms with van der Waals surface area (Å²) < 4.78 is 4.94. The molecule has 0 spiro atoms. The molecule has 0 aromatic heterocycles. The Morgan fingerprint density at radius 3 is 2.47 bits per heavy atom. The van der Waals surface area contributed by atoms with Gasteiger partial charge >= 0.3 is 5.97 Å². The lowest BCUT2D eigenvalue weighted by molar-refractivity contribution is -0.140. The van der Waals surface area contributed by atoms with E-state index in [4.69, 9.17) is 15.6 Å². The minimum Gasteiger partial charge on any atom is -0.481 e. The SMILES string of the molecule is COC(CN)C(=O)NC1(CC(=O)O)CCCC1. The summed E-state index contributed by atoms with van der Waals surface area (Å²) in [6.07, 6.45) is 2.53. The molecule has 1 aliphatic rings. The van der Waals surface area contributed by atoms with E-state index in [2.05, 4.69) is 5.32 Å². The topological polar surface area (TPSA) is 102 Å². The molecule has 1 rings (SSSR count). The molecule has 0 aromatic carbocycles. The highest BCUT2D eigenvalue weighted by Gasteiger charge is 2.38. The van der Waals surface area contributed by atoms with E-state index in [1.165, 1.54) is 7.11 Å². The summed E-state index contributed by atoms with van der Waals surface area (Å²) in [5, 5.41) is 11.7. The van der Waals surface area contributed by atoms with Crippen LogP contribution >= 0.6 is 0 Å². The molecule has 0 bridgehead atoms. The number of nitrogens with two attached hydrogens (primary N) is 1. The van der Waals surface area contributed by atoms with Gasteiger partial charge in [0.1, 0.15) is 6.10 Å². The van der Waals surface area contributed by atoms with E-state index in [0.717, 1.165) is 12.8 Å². The number of methoxy groups -OCH3 is 1. The van der Waals surface area contributed by atoms with Gasteiger partial charge in [0.2, 0.25) is 0 Å². The van der Waals surface area contributed by atoms with Crippen molar-refractivity contribution in [2.45, 2.75) is 43.7 Å². The van der Waals surface area contributed by atoms with Crippen LogP contribution in [0.25, 0.3) is 0 Å². The molecule has 1 amide bonds. The number of hydrogen-bond donors (Lipinski definition) is 3. The Morgan fingerprint density at radius 2 is 2.06 bits per heavy atom. The van der Waals surface area contributed by atoms with Gasteiger partial charge in [-0.25, -0.2) is 0 Å². The van der Waals surface area contributed by atoms with E-state index in [-0.39, 0.29) is 18.9 Å². The second kappa shape index (κ2) is 5.97. The fourth-order valence-electron chi connectivity index (χ4n) is 2.34. The molecule has 6 nitrogen and oxygen atoms in total. The Bertz CT molecular complexity index is 283. The zero-order valence-corrected chi connectivity index (χ0v) is 10.1. The van der Waals surface area contributed by atoms with Crippen molar-refractivity contribution in [3.05, 3.63) is 0 Å². The van der Waals surface area contributed by atoms with Crippen molar-refractivity contribution in [1.82, 2.24) is 5.32 Å². The molecule has 6 heteroatoms. The molecule has 98 valence electrons. The monoisotopic (exact) mass is 244 g/mol. The van der Waals surface area contributed by atoms with Gasteiger partial charge in [0.15, 0.2) is 0 Å². The molecule has 1 aliphatic carbocycles. The Kier molecular flexibility index (Phi) is 4.89. The van der Waals surface area contributed by atoms with Gasteiger partial charge in [0, 0.05) is 13.7 Å². The molecule has 0 aliphatic heterocycles. The van der Waals surface area contributed by atoms with Crippen molar-refractivity contribution in [2.75, 3.05) is 13.7 Å². The first-order valence-electron chi connectivity index (χ1n) is 5.80. The number of carboxylic acid groups (broad SMARTS) is 1. The number of carbonyl (C=O) groups is 2. The van der Waals surface area contributed by atoms with Gasteiger partial charge in [-0.2, -0.15) is 0 Å². The molecule has 4 N–H and O–H groups in total. The predicted octanol–water partition coefficient (Wildman–Crippen LogP) is -0.136. The third-order valence-electron chi connectivity index (χ3n) is 3.23. The van der Waals surface area contributed by atoms with Crippen LogP contribution in [0.4, 0.5) is 0 Å². The lowest BCUT2D eigenvalue weighted by Crippen LogP contribution is -2.53. The predicted molar refractivity (Wildman–Crippen MR) is 61.4 cm³/mol. The van der Waals surface area contributed by atoms with E-state index in [9.17, 15) is 9.59 Å². The lowest BCUT2D eigenvalue weighted by Gasteiger charge is -2.30. The normalized spacial score (nSPS) is 19.9. The van der Waals surface area contributed by atoms with Gasteiger partial charge in [0.05, 0.1) is 12.0 Å². The van der Waals surface area contributed by atoms with E-state index in [0.29, 0.717) is 12.8 Å². The molecule has 0 heterocycles. The highest BCUT2D eigenvalue weighted by Crippen LogP contribution is 2.32. The van der Waals surface area contributed by atoms with Crippen molar-refractivity contribution in [3.63, 3.8) is 0 Å². The highest BCUT2D eigenvalue weighted by molar-refractivity contribution is 5.82. The Labute approximate surface area is 101 Å². The van der Waals surface area contributed by atoms with Crippen LogP contribution in [-0.2, 0) is 14.3 Å². The first-order valence-corrected chi connectivity index (χ1v) is 5.80. The number of nitrogens with one attached hydrogen (secondary N) is 1.